The second-order valence-electron chi connectivity index (χ2n) is 4.20. The Hall–Kier alpha value is -1.40. The molecule has 0 bridgehead atoms. The molecule has 15 heavy (non-hydrogen) atoms. The predicted molar refractivity (Wildman–Crippen MR) is 57.8 cm³/mol. The molecular weight excluding hydrogens is 186 g/mol. The molecule has 1 saturated carbocycles. The quantitative estimate of drug-likeness (QED) is 0.809. The average Bonchev–Trinajstić information content (AvgIpc) is 2.24. The predicted octanol–water partition coefficient (Wildman–Crippen LogP) is 1.87. The van der Waals surface area contributed by atoms with Crippen molar-refractivity contribution in [2.24, 2.45) is 5.41 Å². The maximum atomic E-state index is 9.03. The largest absolute Gasteiger partial charge is 0.311 e. The first-order chi connectivity index (χ1) is 7.35. The van der Waals surface area contributed by atoms with Crippen LogP contribution in [-0.4, -0.2) is 11.5 Å². The van der Waals surface area contributed by atoms with Crippen LogP contribution < -0.4 is 5.32 Å². The number of hydrogen-bond acceptors (Lipinski definition) is 3. The lowest BCUT2D eigenvalue weighted by atomic mass is 9.70. The minimum absolute atomic E-state index is 0.0764. The Labute approximate surface area is 90.1 Å². The van der Waals surface area contributed by atoms with Gasteiger partial charge in [0.2, 0.25) is 0 Å². The first kappa shape index (κ1) is 10.1. The van der Waals surface area contributed by atoms with Gasteiger partial charge in [-0.2, -0.15) is 5.26 Å². The molecule has 3 nitrogen and oxygen atoms in total. The van der Waals surface area contributed by atoms with Crippen LogP contribution in [0.25, 0.3) is 0 Å². The monoisotopic (exact) mass is 201 g/mol. The van der Waals surface area contributed by atoms with E-state index in [0.717, 1.165) is 25.9 Å². The topological polar surface area (TPSA) is 48.7 Å². The summed E-state index contributed by atoms with van der Waals surface area (Å²) in [5.74, 6) is 0. The fourth-order valence-corrected chi connectivity index (χ4v) is 1.88. The molecule has 1 N–H and O–H groups in total. The fourth-order valence-electron chi connectivity index (χ4n) is 1.88. The standard InChI is InChI=1S/C12H15N3/c13-9-12(4-1-5-12)10-15-8-11-2-6-14-7-3-11/h2-3,6-7,15H,1,4-5,8,10H2. The summed E-state index contributed by atoms with van der Waals surface area (Å²) in [4.78, 5) is 3.97. The van der Waals surface area contributed by atoms with Crippen molar-refractivity contribution in [1.29, 1.82) is 5.26 Å². The molecule has 0 aromatic carbocycles. The van der Waals surface area contributed by atoms with Gasteiger partial charge in [-0.15, -0.1) is 0 Å². The minimum Gasteiger partial charge on any atom is -0.311 e. The molecule has 0 amide bonds. The Kier molecular flexibility index (Phi) is 2.98. The molecule has 1 aromatic rings. The van der Waals surface area contributed by atoms with Crippen molar-refractivity contribution in [1.82, 2.24) is 10.3 Å². The molecule has 1 fully saturated rings. The van der Waals surface area contributed by atoms with Gasteiger partial charge in [0.25, 0.3) is 0 Å². The third kappa shape index (κ3) is 2.34. The van der Waals surface area contributed by atoms with Crippen molar-refractivity contribution in [3.05, 3.63) is 30.1 Å². The van der Waals surface area contributed by atoms with Crippen LogP contribution in [0.1, 0.15) is 24.8 Å². The third-order valence-electron chi connectivity index (χ3n) is 3.09. The highest BCUT2D eigenvalue weighted by atomic mass is 14.9. The van der Waals surface area contributed by atoms with Gasteiger partial charge in [-0.3, -0.25) is 4.98 Å². The molecule has 0 saturated heterocycles. The Bertz CT molecular complexity index is 349. The van der Waals surface area contributed by atoms with E-state index < -0.39 is 0 Å². The molecule has 0 unspecified atom stereocenters. The van der Waals surface area contributed by atoms with E-state index in [1.807, 2.05) is 12.1 Å². The van der Waals surface area contributed by atoms with Gasteiger partial charge in [0.1, 0.15) is 0 Å². The summed E-state index contributed by atoms with van der Waals surface area (Å²) >= 11 is 0. The van der Waals surface area contributed by atoms with Crippen molar-refractivity contribution in [2.75, 3.05) is 6.54 Å². The molecule has 0 radical (unpaired) electrons. The number of nitrogens with zero attached hydrogens (tertiary/aromatic N) is 2. The second kappa shape index (κ2) is 4.41. The lowest BCUT2D eigenvalue weighted by Gasteiger charge is -2.35. The highest BCUT2D eigenvalue weighted by molar-refractivity contribution is 5.10. The molecule has 0 aliphatic heterocycles. The first-order valence-corrected chi connectivity index (χ1v) is 5.36. The molecule has 0 atom stereocenters. The molecule has 1 heterocycles. The van der Waals surface area contributed by atoms with Crippen LogP contribution >= 0.6 is 0 Å². The zero-order valence-electron chi connectivity index (χ0n) is 8.74. The van der Waals surface area contributed by atoms with Crippen LogP contribution in [0, 0.1) is 16.7 Å². The van der Waals surface area contributed by atoms with Gasteiger partial charge >= 0.3 is 0 Å². The normalized spacial score (nSPS) is 17.8. The highest BCUT2D eigenvalue weighted by Gasteiger charge is 2.36. The summed E-state index contributed by atoms with van der Waals surface area (Å²) in [7, 11) is 0. The maximum Gasteiger partial charge on any atom is 0.0703 e. The zero-order valence-corrected chi connectivity index (χ0v) is 8.74. The van der Waals surface area contributed by atoms with Crippen molar-refractivity contribution in [2.45, 2.75) is 25.8 Å². The number of aromatic nitrogens is 1. The van der Waals surface area contributed by atoms with Crippen LogP contribution in [0.4, 0.5) is 0 Å². The molecule has 78 valence electrons. The number of rotatable bonds is 4. The van der Waals surface area contributed by atoms with Crippen LogP contribution in [0.3, 0.4) is 0 Å². The zero-order chi connectivity index (χ0) is 10.6. The van der Waals surface area contributed by atoms with Crippen LogP contribution in [0.5, 0.6) is 0 Å². The summed E-state index contributed by atoms with van der Waals surface area (Å²) in [5, 5.41) is 12.4. The Morgan fingerprint density at radius 3 is 2.67 bits per heavy atom. The average molecular weight is 201 g/mol. The second-order valence-corrected chi connectivity index (χ2v) is 4.20. The van der Waals surface area contributed by atoms with Crippen LogP contribution in [0.2, 0.25) is 0 Å². The van der Waals surface area contributed by atoms with E-state index in [4.69, 9.17) is 5.26 Å². The molecule has 1 aliphatic carbocycles. The van der Waals surface area contributed by atoms with Gasteiger partial charge in [-0.1, -0.05) is 6.42 Å². The van der Waals surface area contributed by atoms with Gasteiger partial charge in [0.15, 0.2) is 0 Å². The lowest BCUT2D eigenvalue weighted by molar-refractivity contribution is 0.206. The van der Waals surface area contributed by atoms with Crippen molar-refractivity contribution >= 4 is 0 Å². The number of pyridine rings is 1. The number of hydrogen-bond donors (Lipinski definition) is 1. The van der Waals surface area contributed by atoms with Gasteiger partial charge in [0, 0.05) is 25.5 Å². The Morgan fingerprint density at radius 2 is 2.13 bits per heavy atom. The SMILES string of the molecule is N#CC1(CNCc2ccncc2)CCC1. The summed E-state index contributed by atoms with van der Waals surface area (Å²) < 4.78 is 0. The van der Waals surface area contributed by atoms with E-state index in [1.54, 1.807) is 12.4 Å². The number of nitriles is 1. The molecule has 0 spiro atoms. The van der Waals surface area contributed by atoms with E-state index in [0.29, 0.717) is 0 Å². The Morgan fingerprint density at radius 1 is 1.40 bits per heavy atom. The molecule has 1 aromatic heterocycles. The highest BCUT2D eigenvalue weighted by Crippen LogP contribution is 2.39. The summed E-state index contributed by atoms with van der Waals surface area (Å²) in [5.41, 5.74) is 1.14. The van der Waals surface area contributed by atoms with Gasteiger partial charge in [-0.25, -0.2) is 0 Å². The minimum atomic E-state index is -0.0764. The first-order valence-electron chi connectivity index (χ1n) is 5.36. The van der Waals surface area contributed by atoms with Crippen LogP contribution in [-0.2, 0) is 6.54 Å². The Balaban J connectivity index is 1.78. The van der Waals surface area contributed by atoms with E-state index in [-0.39, 0.29) is 5.41 Å². The molecule has 1 aliphatic rings. The molecular formula is C12H15N3. The van der Waals surface area contributed by atoms with Crippen LogP contribution in [0.15, 0.2) is 24.5 Å². The van der Waals surface area contributed by atoms with E-state index in [2.05, 4.69) is 16.4 Å². The lowest BCUT2D eigenvalue weighted by Crippen LogP contribution is -2.38. The van der Waals surface area contributed by atoms with Gasteiger partial charge in [0.05, 0.1) is 11.5 Å². The summed E-state index contributed by atoms with van der Waals surface area (Å²) in [6, 6.07) is 6.41. The van der Waals surface area contributed by atoms with Crippen molar-refractivity contribution in [3.8, 4) is 6.07 Å². The van der Waals surface area contributed by atoms with E-state index in [9.17, 15) is 0 Å². The smallest absolute Gasteiger partial charge is 0.0703 e. The summed E-state index contributed by atoms with van der Waals surface area (Å²) in [6.45, 7) is 1.64. The van der Waals surface area contributed by atoms with E-state index in [1.165, 1.54) is 12.0 Å². The van der Waals surface area contributed by atoms with Gasteiger partial charge < -0.3 is 5.32 Å². The van der Waals surface area contributed by atoms with Crippen molar-refractivity contribution in [3.63, 3.8) is 0 Å². The fraction of sp³-hybridized carbons (Fsp3) is 0.500. The number of nitrogens with one attached hydrogen (secondary N) is 1. The van der Waals surface area contributed by atoms with Crippen molar-refractivity contribution < 1.29 is 0 Å². The maximum absolute atomic E-state index is 9.03. The van der Waals surface area contributed by atoms with Gasteiger partial charge in [-0.05, 0) is 30.5 Å². The molecule has 3 heteroatoms. The third-order valence-corrected chi connectivity index (χ3v) is 3.09. The molecule has 2 rings (SSSR count). The summed E-state index contributed by atoms with van der Waals surface area (Å²) in [6.07, 6.45) is 6.88. The van der Waals surface area contributed by atoms with E-state index >= 15 is 0 Å².